The molecule has 0 saturated heterocycles. The van der Waals surface area contributed by atoms with Crippen LogP contribution in [-0.4, -0.2) is 5.78 Å². The third-order valence-electron chi connectivity index (χ3n) is 5.81. The van der Waals surface area contributed by atoms with Crippen LogP contribution in [0, 0.1) is 13.8 Å². The lowest BCUT2D eigenvalue weighted by molar-refractivity contribution is 0.101. The Morgan fingerprint density at radius 3 is 1.94 bits per heavy atom. The molecule has 2 heteroatoms. The highest BCUT2D eigenvalue weighted by atomic mass is 35.5. The second-order valence-corrected chi connectivity index (χ2v) is 9.10. The van der Waals surface area contributed by atoms with E-state index in [1.54, 1.807) is 6.92 Å². The first-order chi connectivity index (χ1) is 17.3. The van der Waals surface area contributed by atoms with Gasteiger partial charge in [0.1, 0.15) is 0 Å². The molecule has 0 heterocycles. The molecule has 0 fully saturated rings. The molecule has 1 aliphatic carbocycles. The SMILES string of the molecule is CC.CC.CC(=O)c1ccc2c(c1)CCCC(c1ccc(Cl)cc1C)=C2c1ccc(C)cc1.CCC. The number of Topliss-reactive ketones (excluding diaryl/α,β-unsaturated/α-hetero) is 1. The van der Waals surface area contributed by atoms with E-state index < -0.39 is 0 Å². The minimum atomic E-state index is 0.117. The molecule has 0 bridgehead atoms. The van der Waals surface area contributed by atoms with Gasteiger partial charge in [-0.05, 0) is 97.2 Å². The Labute approximate surface area is 225 Å². The molecule has 0 N–H and O–H groups in total. The summed E-state index contributed by atoms with van der Waals surface area (Å²) in [6, 6.07) is 21.1. The van der Waals surface area contributed by atoms with Gasteiger partial charge in [0.05, 0.1) is 0 Å². The molecule has 0 saturated carbocycles. The lowest BCUT2D eigenvalue weighted by atomic mass is 9.86. The summed E-state index contributed by atoms with van der Waals surface area (Å²) in [6.07, 6.45) is 4.28. The summed E-state index contributed by atoms with van der Waals surface area (Å²) in [7, 11) is 0. The standard InChI is InChI=1S/C27H25ClO.C3H8.2C2H6/c1-17-7-9-20(10-8-17)27-25-13-11-21(19(3)29)16-22(25)5-4-6-26(27)24-14-12-23(28)15-18(24)2;1-3-2;2*1-2/h7-16H,4-6H2,1-3H3;3H2,1-2H3;2*1-2H3. The van der Waals surface area contributed by atoms with Crippen molar-refractivity contribution >= 4 is 28.5 Å². The second kappa shape index (κ2) is 16.2. The average molecular weight is 505 g/mol. The monoisotopic (exact) mass is 504 g/mol. The van der Waals surface area contributed by atoms with Gasteiger partial charge in [-0.25, -0.2) is 0 Å². The first kappa shape index (κ1) is 31.4. The Morgan fingerprint density at radius 1 is 0.806 bits per heavy atom. The van der Waals surface area contributed by atoms with E-state index in [4.69, 9.17) is 11.6 Å². The van der Waals surface area contributed by atoms with Gasteiger partial charge < -0.3 is 0 Å². The number of hydrogen-bond acceptors (Lipinski definition) is 1. The number of benzene rings is 3. The minimum absolute atomic E-state index is 0.117. The van der Waals surface area contributed by atoms with Crippen LogP contribution in [0.15, 0.2) is 60.7 Å². The number of carbonyl (C=O) groups excluding carboxylic acids is 1. The molecule has 1 nitrogen and oxygen atoms in total. The van der Waals surface area contributed by atoms with Crippen molar-refractivity contribution < 1.29 is 4.79 Å². The zero-order valence-electron chi connectivity index (χ0n) is 23.9. The van der Waals surface area contributed by atoms with Crippen LogP contribution in [-0.2, 0) is 6.42 Å². The van der Waals surface area contributed by atoms with E-state index in [0.717, 1.165) is 29.8 Å². The number of ketones is 1. The van der Waals surface area contributed by atoms with Crippen molar-refractivity contribution in [2.45, 2.75) is 88.0 Å². The fourth-order valence-corrected chi connectivity index (χ4v) is 4.52. The third-order valence-corrected chi connectivity index (χ3v) is 6.04. The van der Waals surface area contributed by atoms with Gasteiger partial charge in [-0.15, -0.1) is 0 Å². The summed E-state index contributed by atoms with van der Waals surface area (Å²) < 4.78 is 0. The summed E-state index contributed by atoms with van der Waals surface area (Å²) in [5.74, 6) is 0.117. The molecule has 0 atom stereocenters. The summed E-state index contributed by atoms with van der Waals surface area (Å²) >= 11 is 6.24. The van der Waals surface area contributed by atoms with Crippen LogP contribution in [0.5, 0.6) is 0 Å². The molecule has 0 aromatic heterocycles. The molecule has 0 aliphatic heterocycles. The molecule has 4 rings (SSSR count). The number of aryl methyl sites for hydroxylation is 3. The van der Waals surface area contributed by atoms with E-state index in [9.17, 15) is 4.79 Å². The molecular weight excluding hydrogens is 460 g/mol. The predicted molar refractivity (Wildman–Crippen MR) is 161 cm³/mol. The van der Waals surface area contributed by atoms with Crippen LogP contribution in [0.4, 0.5) is 0 Å². The lowest BCUT2D eigenvalue weighted by Crippen LogP contribution is -2.00. The maximum Gasteiger partial charge on any atom is 0.159 e. The van der Waals surface area contributed by atoms with Gasteiger partial charge in [-0.1, -0.05) is 108 Å². The maximum atomic E-state index is 11.9. The molecule has 36 heavy (non-hydrogen) atoms. The van der Waals surface area contributed by atoms with E-state index >= 15 is 0 Å². The van der Waals surface area contributed by atoms with Gasteiger partial charge in [0.15, 0.2) is 5.78 Å². The molecule has 0 radical (unpaired) electrons. The van der Waals surface area contributed by atoms with E-state index in [-0.39, 0.29) is 5.78 Å². The van der Waals surface area contributed by atoms with Gasteiger partial charge in [0, 0.05) is 10.6 Å². The predicted octanol–water partition coefficient (Wildman–Crippen LogP) is 10.9. The van der Waals surface area contributed by atoms with Crippen molar-refractivity contribution in [3.8, 4) is 0 Å². The smallest absolute Gasteiger partial charge is 0.159 e. The molecule has 3 aromatic rings. The fraction of sp³-hybridized carbons (Fsp3) is 0.382. The lowest BCUT2D eigenvalue weighted by Gasteiger charge is -2.18. The van der Waals surface area contributed by atoms with E-state index in [1.807, 2.05) is 45.9 Å². The van der Waals surface area contributed by atoms with Crippen molar-refractivity contribution in [1.82, 2.24) is 0 Å². The Balaban J connectivity index is 0.000000844. The highest BCUT2D eigenvalue weighted by Gasteiger charge is 2.21. The zero-order chi connectivity index (χ0) is 27.3. The number of hydrogen-bond donors (Lipinski definition) is 0. The molecule has 194 valence electrons. The first-order valence-corrected chi connectivity index (χ1v) is 13.9. The van der Waals surface area contributed by atoms with Gasteiger partial charge in [0.25, 0.3) is 0 Å². The highest BCUT2D eigenvalue weighted by Crippen LogP contribution is 2.41. The summed E-state index contributed by atoms with van der Waals surface area (Å²) in [5, 5.41) is 0.767. The zero-order valence-corrected chi connectivity index (χ0v) is 24.6. The summed E-state index contributed by atoms with van der Waals surface area (Å²) in [5.41, 5.74) is 10.8. The number of rotatable bonds is 3. The van der Waals surface area contributed by atoms with Crippen molar-refractivity contribution in [3.63, 3.8) is 0 Å². The topological polar surface area (TPSA) is 17.1 Å². The molecular formula is C34H45ClO. The number of carbonyl (C=O) groups is 1. The van der Waals surface area contributed by atoms with Crippen molar-refractivity contribution in [2.75, 3.05) is 0 Å². The van der Waals surface area contributed by atoms with Crippen LogP contribution in [0.25, 0.3) is 11.1 Å². The van der Waals surface area contributed by atoms with Crippen LogP contribution < -0.4 is 0 Å². The van der Waals surface area contributed by atoms with Gasteiger partial charge in [-0.2, -0.15) is 0 Å². The normalized spacial score (nSPS) is 11.9. The first-order valence-electron chi connectivity index (χ1n) is 13.6. The molecule has 0 unspecified atom stereocenters. The van der Waals surface area contributed by atoms with E-state index in [2.05, 4.69) is 70.2 Å². The Morgan fingerprint density at radius 2 is 1.39 bits per heavy atom. The fourth-order valence-electron chi connectivity index (χ4n) is 4.29. The van der Waals surface area contributed by atoms with Crippen LogP contribution in [0.2, 0.25) is 5.02 Å². The molecule has 0 spiro atoms. The summed E-state index contributed by atoms with van der Waals surface area (Å²) in [4.78, 5) is 11.9. The average Bonchev–Trinajstić information content (AvgIpc) is 3.06. The number of allylic oxidation sites excluding steroid dienone is 1. The number of fused-ring (bicyclic) bond motifs is 1. The minimum Gasteiger partial charge on any atom is -0.295 e. The van der Waals surface area contributed by atoms with E-state index in [1.165, 1.54) is 50.9 Å². The molecule has 0 amide bonds. The third kappa shape index (κ3) is 8.20. The van der Waals surface area contributed by atoms with Crippen molar-refractivity contribution in [1.29, 1.82) is 0 Å². The van der Waals surface area contributed by atoms with Gasteiger partial charge >= 0.3 is 0 Å². The van der Waals surface area contributed by atoms with Gasteiger partial charge in [-0.3, -0.25) is 4.79 Å². The molecule has 3 aromatic carbocycles. The maximum absolute atomic E-state index is 11.9. The van der Waals surface area contributed by atoms with Crippen LogP contribution in [0.3, 0.4) is 0 Å². The molecule has 1 aliphatic rings. The van der Waals surface area contributed by atoms with Gasteiger partial charge in [0.2, 0.25) is 0 Å². The Hall–Kier alpha value is -2.64. The van der Waals surface area contributed by atoms with Crippen molar-refractivity contribution in [3.05, 3.63) is 105 Å². The van der Waals surface area contributed by atoms with Crippen molar-refractivity contribution in [2.24, 2.45) is 0 Å². The number of halogens is 1. The van der Waals surface area contributed by atoms with Crippen LogP contribution >= 0.6 is 11.6 Å². The second-order valence-electron chi connectivity index (χ2n) is 8.67. The Kier molecular flexibility index (Phi) is 14.1. The highest BCUT2D eigenvalue weighted by molar-refractivity contribution is 6.30. The Bertz CT molecular complexity index is 1140. The summed E-state index contributed by atoms with van der Waals surface area (Å²) in [6.45, 7) is 18.1. The largest absolute Gasteiger partial charge is 0.295 e. The van der Waals surface area contributed by atoms with E-state index in [0.29, 0.717) is 0 Å². The quantitative estimate of drug-likeness (QED) is 0.324. The van der Waals surface area contributed by atoms with Crippen LogP contribution in [0.1, 0.15) is 111 Å².